The Morgan fingerprint density at radius 2 is 1.80 bits per heavy atom. The van der Waals surface area contributed by atoms with E-state index in [1.165, 1.54) is 0 Å². The van der Waals surface area contributed by atoms with Gasteiger partial charge in [0.1, 0.15) is 5.01 Å². The van der Waals surface area contributed by atoms with E-state index < -0.39 is 5.60 Å². The van der Waals surface area contributed by atoms with Gasteiger partial charge in [0.05, 0.1) is 11.3 Å². The van der Waals surface area contributed by atoms with Gasteiger partial charge in [-0.15, -0.1) is 11.3 Å². The van der Waals surface area contributed by atoms with E-state index in [1.807, 2.05) is 45.9 Å². The molecule has 2 N–H and O–H groups in total. The Kier molecular flexibility index (Phi) is 4.28. The van der Waals surface area contributed by atoms with Crippen LogP contribution in [0.3, 0.4) is 0 Å². The van der Waals surface area contributed by atoms with Crippen molar-refractivity contribution >= 4 is 11.3 Å². The van der Waals surface area contributed by atoms with Crippen LogP contribution in [0.2, 0.25) is 0 Å². The third kappa shape index (κ3) is 3.45. The fourth-order valence-corrected chi connectivity index (χ4v) is 2.39. The van der Waals surface area contributed by atoms with Crippen molar-refractivity contribution in [2.75, 3.05) is 0 Å². The zero-order chi connectivity index (χ0) is 14.8. The van der Waals surface area contributed by atoms with E-state index in [9.17, 15) is 5.11 Å². The predicted octanol–water partition coefficient (Wildman–Crippen LogP) is 3.45. The number of aliphatic hydroxyl groups is 1. The van der Waals surface area contributed by atoms with Crippen LogP contribution in [0, 0.1) is 0 Å². The normalized spacial score (nSPS) is 12.7. The molecule has 0 fully saturated rings. The summed E-state index contributed by atoms with van der Waals surface area (Å²) < 4.78 is 0. The average Bonchev–Trinajstić information content (AvgIpc) is 2.85. The summed E-state index contributed by atoms with van der Waals surface area (Å²) in [6.07, 6.45) is 0. The van der Waals surface area contributed by atoms with Crippen molar-refractivity contribution in [2.24, 2.45) is 0 Å². The van der Waals surface area contributed by atoms with Gasteiger partial charge in [-0.05, 0) is 27.7 Å². The Balaban J connectivity index is 2.04. The molecule has 0 saturated carbocycles. The fraction of sp³-hybridized carbons (Fsp3) is 0.438. The maximum absolute atomic E-state index is 10.1. The van der Waals surface area contributed by atoms with E-state index in [1.54, 1.807) is 11.3 Å². The van der Waals surface area contributed by atoms with Crippen LogP contribution >= 0.6 is 11.3 Å². The largest absolute Gasteiger partial charge is 0.389 e. The summed E-state index contributed by atoms with van der Waals surface area (Å²) in [5.41, 5.74) is 0.989. The van der Waals surface area contributed by atoms with Gasteiger partial charge in [-0.25, -0.2) is 4.98 Å². The maximum Gasteiger partial charge on any atom is 0.107 e. The van der Waals surface area contributed by atoms with Gasteiger partial charge in [-0.1, -0.05) is 30.3 Å². The van der Waals surface area contributed by atoms with E-state index in [4.69, 9.17) is 0 Å². The highest BCUT2D eigenvalue weighted by molar-refractivity contribution is 7.09. The molecular formula is C16H22N2OS. The Morgan fingerprint density at radius 1 is 1.15 bits per heavy atom. The molecule has 0 unspecified atom stereocenters. The lowest BCUT2D eigenvalue weighted by Gasteiger charge is -2.38. The molecule has 3 nitrogen and oxygen atoms in total. The highest BCUT2D eigenvalue weighted by Crippen LogP contribution is 2.24. The van der Waals surface area contributed by atoms with Crippen LogP contribution in [-0.2, 0) is 6.54 Å². The summed E-state index contributed by atoms with van der Waals surface area (Å²) >= 11 is 1.64. The smallest absolute Gasteiger partial charge is 0.107 e. The maximum atomic E-state index is 10.1. The molecule has 0 aliphatic heterocycles. The summed E-state index contributed by atoms with van der Waals surface area (Å²) in [4.78, 5) is 4.64. The SMILES string of the molecule is CC(C)(O)C(C)(C)NCc1nc(-c2ccccc2)cs1. The lowest BCUT2D eigenvalue weighted by atomic mass is 9.86. The molecule has 0 aliphatic carbocycles. The second-order valence-electron chi connectivity index (χ2n) is 6.03. The molecule has 4 heteroatoms. The van der Waals surface area contributed by atoms with Crippen molar-refractivity contribution < 1.29 is 5.11 Å². The highest BCUT2D eigenvalue weighted by Gasteiger charge is 2.34. The Hall–Kier alpha value is -1.23. The molecule has 1 aromatic heterocycles. The van der Waals surface area contributed by atoms with Crippen molar-refractivity contribution in [3.05, 3.63) is 40.7 Å². The molecule has 0 spiro atoms. The first-order valence-electron chi connectivity index (χ1n) is 6.77. The summed E-state index contributed by atoms with van der Waals surface area (Å²) in [5.74, 6) is 0. The number of hydrogen-bond donors (Lipinski definition) is 2. The van der Waals surface area contributed by atoms with Crippen LogP contribution in [-0.4, -0.2) is 21.2 Å². The van der Waals surface area contributed by atoms with Crippen LogP contribution < -0.4 is 5.32 Å². The van der Waals surface area contributed by atoms with Crippen LogP contribution in [0.5, 0.6) is 0 Å². The monoisotopic (exact) mass is 290 g/mol. The highest BCUT2D eigenvalue weighted by atomic mass is 32.1. The first-order chi connectivity index (χ1) is 9.29. The lowest BCUT2D eigenvalue weighted by molar-refractivity contribution is -0.00532. The molecule has 20 heavy (non-hydrogen) atoms. The number of rotatable bonds is 5. The Morgan fingerprint density at radius 3 is 2.40 bits per heavy atom. The molecule has 2 aromatic rings. The topological polar surface area (TPSA) is 45.1 Å². The quantitative estimate of drug-likeness (QED) is 0.886. The van der Waals surface area contributed by atoms with Gasteiger partial charge in [-0.3, -0.25) is 0 Å². The molecule has 0 bridgehead atoms. The Bertz CT molecular complexity index is 555. The van der Waals surface area contributed by atoms with Crippen molar-refractivity contribution in [3.63, 3.8) is 0 Å². The lowest BCUT2D eigenvalue weighted by Crippen LogP contribution is -2.55. The van der Waals surface area contributed by atoms with E-state index in [2.05, 4.69) is 27.8 Å². The summed E-state index contributed by atoms with van der Waals surface area (Å²) in [5, 5.41) is 16.6. The standard InChI is InChI=1S/C16H22N2OS/c1-15(2,16(3,4)19)17-10-14-18-13(11-20-14)12-8-6-5-7-9-12/h5-9,11,17,19H,10H2,1-4H3. The third-order valence-electron chi connectivity index (χ3n) is 3.83. The van der Waals surface area contributed by atoms with Crippen molar-refractivity contribution in [1.82, 2.24) is 10.3 Å². The van der Waals surface area contributed by atoms with Crippen LogP contribution in [0.15, 0.2) is 35.7 Å². The first kappa shape index (κ1) is 15.2. The Labute approximate surface area is 124 Å². The fourth-order valence-electron chi connectivity index (χ4n) is 1.65. The van der Waals surface area contributed by atoms with Gasteiger partial charge in [0.25, 0.3) is 0 Å². The number of nitrogens with zero attached hydrogens (tertiary/aromatic N) is 1. The number of thiazole rings is 1. The van der Waals surface area contributed by atoms with Gasteiger partial charge in [-0.2, -0.15) is 0 Å². The van der Waals surface area contributed by atoms with E-state index in [0.29, 0.717) is 6.54 Å². The minimum Gasteiger partial charge on any atom is -0.389 e. The van der Waals surface area contributed by atoms with Gasteiger partial charge < -0.3 is 10.4 Å². The average molecular weight is 290 g/mol. The molecule has 0 amide bonds. The third-order valence-corrected chi connectivity index (χ3v) is 4.68. The zero-order valence-corrected chi connectivity index (χ0v) is 13.3. The number of aromatic nitrogens is 1. The number of hydrogen-bond acceptors (Lipinski definition) is 4. The second kappa shape index (κ2) is 5.64. The zero-order valence-electron chi connectivity index (χ0n) is 12.5. The van der Waals surface area contributed by atoms with Gasteiger partial charge in [0, 0.05) is 23.0 Å². The summed E-state index contributed by atoms with van der Waals surface area (Å²) in [7, 11) is 0. The van der Waals surface area contributed by atoms with E-state index in [0.717, 1.165) is 16.3 Å². The summed E-state index contributed by atoms with van der Waals surface area (Å²) in [6, 6.07) is 10.2. The van der Waals surface area contributed by atoms with E-state index in [-0.39, 0.29) is 5.54 Å². The number of benzene rings is 1. The molecule has 1 heterocycles. The van der Waals surface area contributed by atoms with Gasteiger partial charge >= 0.3 is 0 Å². The van der Waals surface area contributed by atoms with E-state index >= 15 is 0 Å². The minimum absolute atomic E-state index is 0.369. The first-order valence-corrected chi connectivity index (χ1v) is 7.65. The molecule has 0 saturated heterocycles. The van der Waals surface area contributed by atoms with Crippen molar-refractivity contribution in [1.29, 1.82) is 0 Å². The molecule has 0 radical (unpaired) electrons. The van der Waals surface area contributed by atoms with Crippen LogP contribution in [0.25, 0.3) is 11.3 Å². The van der Waals surface area contributed by atoms with Crippen molar-refractivity contribution in [2.45, 2.75) is 45.4 Å². The van der Waals surface area contributed by atoms with Crippen LogP contribution in [0.1, 0.15) is 32.7 Å². The minimum atomic E-state index is -0.785. The predicted molar refractivity (Wildman–Crippen MR) is 84.8 cm³/mol. The van der Waals surface area contributed by atoms with Gasteiger partial charge in [0.2, 0.25) is 0 Å². The van der Waals surface area contributed by atoms with Crippen molar-refractivity contribution in [3.8, 4) is 11.3 Å². The second-order valence-corrected chi connectivity index (χ2v) is 6.97. The molecule has 108 valence electrons. The molecule has 1 aromatic carbocycles. The van der Waals surface area contributed by atoms with Crippen LogP contribution in [0.4, 0.5) is 0 Å². The molecule has 0 aliphatic rings. The summed E-state index contributed by atoms with van der Waals surface area (Å²) in [6.45, 7) is 8.29. The molecule has 0 atom stereocenters. The van der Waals surface area contributed by atoms with Gasteiger partial charge in [0.15, 0.2) is 0 Å². The molecule has 2 rings (SSSR count). The number of nitrogens with one attached hydrogen (secondary N) is 1. The molecular weight excluding hydrogens is 268 g/mol.